The maximum Gasteiger partial charge on any atom is 0.269 e. The smallest absolute Gasteiger partial charge is 0.269 e. The normalized spacial score (nSPS) is 14.7. The number of nitro benzene ring substituents is 1. The second-order valence-electron chi connectivity index (χ2n) is 8.75. The average Bonchev–Trinajstić information content (AvgIpc) is 2.92. The number of hydrogen-bond acceptors (Lipinski definition) is 10. The Bertz CT molecular complexity index is 1350. The monoisotopic (exact) mass is 481 g/mol. The minimum absolute atomic E-state index is 0.0246. The minimum atomic E-state index is -0.423. The number of rotatable bonds is 5. The number of anilines is 4. The number of aromatic nitrogens is 5. The molecule has 1 aromatic carbocycles. The second kappa shape index (κ2) is 9.17. The quantitative estimate of drug-likeness (QED) is 0.334. The van der Waals surface area contributed by atoms with Gasteiger partial charge in [0.2, 0.25) is 17.8 Å². The van der Waals surface area contributed by atoms with E-state index in [1.807, 2.05) is 12.1 Å². The fraction of sp³-hybridized carbons (Fsp3) is 0.240. The van der Waals surface area contributed by atoms with Crippen LogP contribution < -0.4 is 15.1 Å². The SMILES string of the molecule is O=[N+]([O-])c1ccc(Nc2nc(N3CCc4cccnc4C3)nc(N3CCc4cccnc4C3)n2)cc1. The van der Waals surface area contributed by atoms with E-state index < -0.39 is 4.92 Å². The van der Waals surface area contributed by atoms with Crippen molar-refractivity contribution in [3.8, 4) is 0 Å². The van der Waals surface area contributed by atoms with E-state index in [2.05, 4.69) is 37.2 Å². The number of hydrogen-bond donors (Lipinski definition) is 1. The number of benzene rings is 1. The largest absolute Gasteiger partial charge is 0.334 e. The number of pyridine rings is 2. The van der Waals surface area contributed by atoms with Crippen LogP contribution in [0.4, 0.5) is 29.2 Å². The van der Waals surface area contributed by atoms with E-state index in [1.54, 1.807) is 24.5 Å². The van der Waals surface area contributed by atoms with E-state index in [4.69, 9.17) is 15.0 Å². The van der Waals surface area contributed by atoms with Crippen LogP contribution in [-0.2, 0) is 25.9 Å². The summed E-state index contributed by atoms with van der Waals surface area (Å²) >= 11 is 0. The molecule has 3 aromatic heterocycles. The molecule has 0 spiro atoms. The standard InChI is InChI=1S/C25H23N9O2/c35-34(36)20-7-5-19(6-8-20)28-23-29-24(32-13-9-17-3-1-11-26-21(17)15-32)31-25(30-23)33-14-10-18-4-2-12-27-22(18)16-33/h1-8,11-12H,9-10,13-16H2,(H,28,29,30,31). The molecule has 36 heavy (non-hydrogen) atoms. The Labute approximate surface area is 207 Å². The third-order valence-corrected chi connectivity index (χ3v) is 6.46. The van der Waals surface area contributed by atoms with Gasteiger partial charge in [-0.2, -0.15) is 15.0 Å². The van der Waals surface area contributed by atoms with Gasteiger partial charge in [-0.05, 0) is 48.2 Å². The summed E-state index contributed by atoms with van der Waals surface area (Å²) in [6.07, 6.45) is 5.33. The zero-order valence-corrected chi connectivity index (χ0v) is 19.4. The summed E-state index contributed by atoms with van der Waals surface area (Å²) in [6, 6.07) is 14.3. The molecule has 0 aliphatic carbocycles. The molecule has 5 heterocycles. The summed E-state index contributed by atoms with van der Waals surface area (Å²) in [5.41, 5.74) is 5.20. The lowest BCUT2D eigenvalue weighted by atomic mass is 10.1. The zero-order valence-electron chi connectivity index (χ0n) is 19.4. The van der Waals surface area contributed by atoms with Gasteiger partial charge in [-0.15, -0.1) is 0 Å². The molecule has 0 fully saturated rings. The molecule has 0 atom stereocenters. The molecule has 0 unspecified atom stereocenters. The molecule has 0 bridgehead atoms. The van der Waals surface area contributed by atoms with Crippen LogP contribution in [-0.4, -0.2) is 42.9 Å². The van der Waals surface area contributed by atoms with E-state index in [0.29, 0.717) is 36.6 Å². The summed E-state index contributed by atoms with van der Waals surface area (Å²) in [5, 5.41) is 14.2. The van der Waals surface area contributed by atoms with Gasteiger partial charge in [-0.3, -0.25) is 20.1 Å². The molecule has 0 saturated carbocycles. The van der Waals surface area contributed by atoms with Crippen LogP contribution in [0.2, 0.25) is 0 Å². The van der Waals surface area contributed by atoms with Crippen LogP contribution in [0.1, 0.15) is 22.5 Å². The summed E-state index contributed by atoms with van der Waals surface area (Å²) in [6.45, 7) is 2.76. The number of nitrogens with zero attached hydrogens (tertiary/aromatic N) is 8. The molecule has 1 N–H and O–H groups in total. The number of non-ortho nitro benzene ring substituents is 1. The maximum atomic E-state index is 11.0. The lowest BCUT2D eigenvalue weighted by Crippen LogP contribution is -2.35. The Balaban J connectivity index is 1.33. The molecule has 11 nitrogen and oxygen atoms in total. The van der Waals surface area contributed by atoms with Crippen molar-refractivity contribution in [1.29, 1.82) is 0 Å². The highest BCUT2D eigenvalue weighted by molar-refractivity contribution is 5.58. The minimum Gasteiger partial charge on any atom is -0.334 e. The Hall–Kier alpha value is -4.67. The van der Waals surface area contributed by atoms with Gasteiger partial charge in [0, 0.05) is 43.3 Å². The molecule has 2 aliphatic heterocycles. The second-order valence-corrected chi connectivity index (χ2v) is 8.75. The summed E-state index contributed by atoms with van der Waals surface area (Å²) in [7, 11) is 0. The molecule has 11 heteroatoms. The Kier molecular flexibility index (Phi) is 5.56. The number of nitro groups is 1. The molecule has 0 saturated heterocycles. The van der Waals surface area contributed by atoms with Crippen LogP contribution in [0.15, 0.2) is 60.9 Å². The molecule has 6 rings (SSSR count). The van der Waals surface area contributed by atoms with Gasteiger partial charge >= 0.3 is 0 Å². The predicted octanol–water partition coefficient (Wildman–Crippen LogP) is 3.44. The van der Waals surface area contributed by atoms with Crippen molar-refractivity contribution in [2.75, 3.05) is 28.2 Å². The zero-order chi connectivity index (χ0) is 24.5. The van der Waals surface area contributed by atoms with Crippen LogP contribution in [0.25, 0.3) is 0 Å². The lowest BCUT2D eigenvalue weighted by Gasteiger charge is -2.31. The third kappa shape index (κ3) is 4.38. The van der Waals surface area contributed by atoms with Gasteiger partial charge in [0.15, 0.2) is 0 Å². The van der Waals surface area contributed by atoms with Crippen LogP contribution in [0, 0.1) is 10.1 Å². The van der Waals surface area contributed by atoms with E-state index in [9.17, 15) is 10.1 Å². The van der Waals surface area contributed by atoms with Gasteiger partial charge in [0.05, 0.1) is 29.4 Å². The van der Waals surface area contributed by atoms with Gasteiger partial charge in [0.25, 0.3) is 5.69 Å². The predicted molar refractivity (Wildman–Crippen MR) is 134 cm³/mol. The van der Waals surface area contributed by atoms with Crippen LogP contribution >= 0.6 is 0 Å². The molecule has 0 radical (unpaired) electrons. The average molecular weight is 482 g/mol. The fourth-order valence-electron chi connectivity index (χ4n) is 4.54. The molecule has 2 aliphatic rings. The first-order chi connectivity index (χ1) is 17.6. The summed E-state index contributed by atoms with van der Waals surface area (Å²) < 4.78 is 0. The topological polar surface area (TPSA) is 126 Å². The highest BCUT2D eigenvalue weighted by Gasteiger charge is 2.24. The van der Waals surface area contributed by atoms with Crippen molar-refractivity contribution in [1.82, 2.24) is 24.9 Å². The van der Waals surface area contributed by atoms with Gasteiger partial charge < -0.3 is 15.1 Å². The maximum absolute atomic E-state index is 11.0. The van der Waals surface area contributed by atoms with Crippen LogP contribution in [0.3, 0.4) is 0 Å². The van der Waals surface area contributed by atoms with Crippen molar-refractivity contribution in [2.24, 2.45) is 0 Å². The molecule has 180 valence electrons. The highest BCUT2D eigenvalue weighted by Crippen LogP contribution is 2.27. The Morgan fingerprint density at radius 1 is 0.778 bits per heavy atom. The lowest BCUT2D eigenvalue weighted by molar-refractivity contribution is -0.384. The fourth-order valence-corrected chi connectivity index (χ4v) is 4.54. The first-order valence-electron chi connectivity index (χ1n) is 11.8. The van der Waals surface area contributed by atoms with Crippen molar-refractivity contribution < 1.29 is 4.92 Å². The van der Waals surface area contributed by atoms with Gasteiger partial charge in [-0.1, -0.05) is 12.1 Å². The highest BCUT2D eigenvalue weighted by atomic mass is 16.6. The first kappa shape index (κ1) is 21.8. The number of nitrogens with one attached hydrogen (secondary N) is 1. The van der Waals surface area contributed by atoms with E-state index in [1.165, 1.54) is 23.3 Å². The Morgan fingerprint density at radius 3 is 1.86 bits per heavy atom. The van der Waals surface area contributed by atoms with Crippen molar-refractivity contribution >= 4 is 29.2 Å². The van der Waals surface area contributed by atoms with E-state index in [0.717, 1.165) is 37.3 Å². The molecule has 0 amide bonds. The third-order valence-electron chi connectivity index (χ3n) is 6.46. The summed E-state index contributed by atoms with van der Waals surface area (Å²) in [4.78, 5) is 38.2. The number of fused-ring (bicyclic) bond motifs is 2. The molecule has 4 aromatic rings. The van der Waals surface area contributed by atoms with Gasteiger partial charge in [-0.25, -0.2) is 0 Å². The molecular weight excluding hydrogens is 458 g/mol. The Morgan fingerprint density at radius 2 is 1.33 bits per heavy atom. The van der Waals surface area contributed by atoms with Crippen molar-refractivity contribution in [2.45, 2.75) is 25.9 Å². The van der Waals surface area contributed by atoms with E-state index >= 15 is 0 Å². The van der Waals surface area contributed by atoms with E-state index in [-0.39, 0.29) is 5.69 Å². The van der Waals surface area contributed by atoms with Gasteiger partial charge in [0.1, 0.15) is 0 Å². The molecular formula is C25H23N9O2. The van der Waals surface area contributed by atoms with Crippen molar-refractivity contribution in [3.63, 3.8) is 0 Å². The summed E-state index contributed by atoms with van der Waals surface area (Å²) in [5.74, 6) is 1.50. The first-order valence-corrected chi connectivity index (χ1v) is 11.8. The van der Waals surface area contributed by atoms with Crippen molar-refractivity contribution in [3.05, 3.63) is 93.6 Å². The van der Waals surface area contributed by atoms with Crippen LogP contribution in [0.5, 0.6) is 0 Å².